The van der Waals surface area contributed by atoms with Crippen molar-refractivity contribution in [3.8, 4) is 11.1 Å². The van der Waals surface area contributed by atoms with E-state index >= 15 is 0 Å². The highest BCUT2D eigenvalue weighted by atomic mass is 35.5. The monoisotopic (exact) mass is 489 g/mol. The molecule has 0 aliphatic rings. The quantitative estimate of drug-likeness (QED) is 0.281. The van der Waals surface area contributed by atoms with Crippen LogP contribution >= 0.6 is 23.2 Å². The average molecular weight is 490 g/mol. The van der Waals surface area contributed by atoms with Crippen LogP contribution in [0.3, 0.4) is 0 Å². The summed E-state index contributed by atoms with van der Waals surface area (Å²) in [6.07, 6.45) is -1.09. The number of nitrogens with one attached hydrogen (secondary N) is 1. The van der Waals surface area contributed by atoms with E-state index in [1.807, 2.05) is 60.7 Å². The molecule has 0 aliphatic carbocycles. The molecule has 0 bridgehead atoms. The summed E-state index contributed by atoms with van der Waals surface area (Å²) in [5, 5.41) is 3.50. The Hall–Kier alpha value is -3.60. The second-order valence-electron chi connectivity index (χ2n) is 7.67. The van der Waals surface area contributed by atoms with Crippen molar-refractivity contribution in [1.29, 1.82) is 0 Å². The van der Waals surface area contributed by atoms with Gasteiger partial charge in [-0.25, -0.2) is 0 Å². The standard InChI is InChI=1S/C28H21Cl2NO3/c29-23-16-24(30)18-25(17-23)31-28(33)27(22-9-5-2-6-10-22)34-26(32)15-19-11-13-21(14-12-19)20-7-3-1-4-8-20/h1-14,16-18,27H,15H2,(H,31,33)/t27-/m1/s1. The van der Waals surface area contributed by atoms with Gasteiger partial charge in [-0.2, -0.15) is 0 Å². The van der Waals surface area contributed by atoms with Crippen LogP contribution in [0, 0.1) is 0 Å². The minimum absolute atomic E-state index is 0.0364. The lowest BCUT2D eigenvalue weighted by molar-refractivity contribution is -0.154. The number of carbonyl (C=O) groups excluding carboxylic acids is 2. The molecule has 0 saturated carbocycles. The molecule has 1 N–H and O–H groups in total. The molecule has 170 valence electrons. The second kappa shape index (κ2) is 11.0. The number of rotatable bonds is 7. The van der Waals surface area contributed by atoms with Gasteiger partial charge in [0.05, 0.1) is 6.42 Å². The van der Waals surface area contributed by atoms with Crippen molar-refractivity contribution in [2.75, 3.05) is 5.32 Å². The maximum absolute atomic E-state index is 13.1. The summed E-state index contributed by atoms with van der Waals surface area (Å²) >= 11 is 12.1. The average Bonchev–Trinajstić information content (AvgIpc) is 2.83. The first-order valence-electron chi connectivity index (χ1n) is 10.6. The highest BCUT2D eigenvalue weighted by Crippen LogP contribution is 2.26. The Kier molecular flexibility index (Phi) is 7.63. The molecule has 0 saturated heterocycles. The maximum atomic E-state index is 13.1. The second-order valence-corrected chi connectivity index (χ2v) is 8.54. The van der Waals surface area contributed by atoms with Crippen molar-refractivity contribution < 1.29 is 14.3 Å². The van der Waals surface area contributed by atoms with E-state index in [2.05, 4.69) is 5.32 Å². The summed E-state index contributed by atoms with van der Waals surface area (Å²) in [5.74, 6) is -1.02. The number of esters is 1. The van der Waals surface area contributed by atoms with E-state index in [0.717, 1.165) is 16.7 Å². The summed E-state index contributed by atoms with van der Waals surface area (Å²) in [6, 6.07) is 31.2. The predicted octanol–water partition coefficient (Wildman–Crippen LogP) is 7.13. The maximum Gasteiger partial charge on any atom is 0.311 e. The van der Waals surface area contributed by atoms with Crippen molar-refractivity contribution in [1.82, 2.24) is 0 Å². The Labute approximate surface area is 208 Å². The molecule has 0 radical (unpaired) electrons. The van der Waals surface area contributed by atoms with Gasteiger partial charge in [-0.1, -0.05) is 108 Å². The molecule has 1 atom stereocenters. The van der Waals surface area contributed by atoms with Gasteiger partial charge in [0.15, 0.2) is 0 Å². The van der Waals surface area contributed by atoms with E-state index in [1.54, 1.807) is 42.5 Å². The Morgan fingerprint density at radius 2 is 1.29 bits per heavy atom. The molecule has 1 amide bonds. The molecule has 0 aliphatic heterocycles. The first-order valence-corrected chi connectivity index (χ1v) is 11.4. The Bertz CT molecular complexity index is 1260. The number of benzene rings is 4. The fourth-order valence-corrected chi connectivity index (χ4v) is 4.05. The molecule has 4 rings (SSSR count). The van der Waals surface area contributed by atoms with Gasteiger partial charge in [-0.15, -0.1) is 0 Å². The van der Waals surface area contributed by atoms with Gasteiger partial charge >= 0.3 is 5.97 Å². The third-order valence-corrected chi connectivity index (χ3v) is 5.57. The lowest BCUT2D eigenvalue weighted by Crippen LogP contribution is -2.26. The van der Waals surface area contributed by atoms with Crippen LogP contribution in [0.4, 0.5) is 5.69 Å². The van der Waals surface area contributed by atoms with Crippen molar-refractivity contribution >= 4 is 40.8 Å². The number of ether oxygens (including phenoxy) is 1. The minimum Gasteiger partial charge on any atom is -0.447 e. The third kappa shape index (κ3) is 6.25. The highest BCUT2D eigenvalue weighted by molar-refractivity contribution is 6.35. The molecule has 34 heavy (non-hydrogen) atoms. The van der Waals surface area contributed by atoms with E-state index in [-0.39, 0.29) is 6.42 Å². The molecule has 0 heterocycles. The molecule has 4 nitrogen and oxygen atoms in total. The van der Waals surface area contributed by atoms with Gasteiger partial charge < -0.3 is 10.1 Å². The lowest BCUT2D eigenvalue weighted by atomic mass is 10.0. The van der Waals surface area contributed by atoms with Gasteiger partial charge in [-0.3, -0.25) is 9.59 Å². The van der Waals surface area contributed by atoms with Crippen molar-refractivity contribution in [2.24, 2.45) is 0 Å². The largest absolute Gasteiger partial charge is 0.447 e. The van der Waals surface area contributed by atoms with Gasteiger partial charge in [0, 0.05) is 21.3 Å². The number of hydrogen-bond donors (Lipinski definition) is 1. The number of anilines is 1. The highest BCUT2D eigenvalue weighted by Gasteiger charge is 2.25. The number of amides is 1. The summed E-state index contributed by atoms with van der Waals surface area (Å²) in [4.78, 5) is 25.8. The number of carbonyl (C=O) groups is 2. The smallest absolute Gasteiger partial charge is 0.311 e. The molecule has 6 heteroatoms. The minimum atomic E-state index is -1.13. The molecular weight excluding hydrogens is 469 g/mol. The van der Waals surface area contributed by atoms with Crippen LogP contribution < -0.4 is 5.32 Å². The zero-order valence-corrected chi connectivity index (χ0v) is 19.6. The predicted molar refractivity (Wildman–Crippen MR) is 136 cm³/mol. The van der Waals surface area contributed by atoms with E-state index in [9.17, 15) is 9.59 Å². The van der Waals surface area contributed by atoms with Crippen LogP contribution in [-0.2, 0) is 20.7 Å². The van der Waals surface area contributed by atoms with E-state index in [4.69, 9.17) is 27.9 Å². The summed E-state index contributed by atoms with van der Waals surface area (Å²) in [6.45, 7) is 0. The Morgan fingerprint density at radius 3 is 1.91 bits per heavy atom. The molecule has 4 aromatic carbocycles. The number of halogens is 2. The Balaban J connectivity index is 1.48. The molecule has 0 fully saturated rings. The zero-order chi connectivity index (χ0) is 23.9. The molecule has 0 unspecified atom stereocenters. The van der Waals surface area contributed by atoms with E-state index in [1.165, 1.54) is 0 Å². The summed E-state index contributed by atoms with van der Waals surface area (Å²) < 4.78 is 5.63. The van der Waals surface area contributed by atoms with Crippen molar-refractivity contribution in [3.05, 3.63) is 124 Å². The SMILES string of the molecule is O=C(Cc1ccc(-c2ccccc2)cc1)O[C@@H](C(=O)Nc1cc(Cl)cc(Cl)c1)c1ccccc1. The Morgan fingerprint density at radius 1 is 0.735 bits per heavy atom. The van der Waals surface area contributed by atoms with Crippen LogP contribution in [0.2, 0.25) is 10.0 Å². The van der Waals surface area contributed by atoms with Gasteiger partial charge in [0.2, 0.25) is 6.10 Å². The normalized spacial score (nSPS) is 11.5. The van der Waals surface area contributed by atoms with Crippen LogP contribution in [0.25, 0.3) is 11.1 Å². The molecule has 0 aromatic heterocycles. The van der Waals surface area contributed by atoms with Gasteiger partial charge in [0.25, 0.3) is 5.91 Å². The van der Waals surface area contributed by atoms with Crippen LogP contribution in [-0.4, -0.2) is 11.9 Å². The van der Waals surface area contributed by atoms with Crippen molar-refractivity contribution in [3.63, 3.8) is 0 Å². The fraction of sp³-hybridized carbons (Fsp3) is 0.0714. The topological polar surface area (TPSA) is 55.4 Å². The van der Waals surface area contributed by atoms with Crippen LogP contribution in [0.1, 0.15) is 17.2 Å². The third-order valence-electron chi connectivity index (χ3n) is 5.13. The molecule has 0 spiro atoms. The van der Waals surface area contributed by atoms with Crippen molar-refractivity contribution in [2.45, 2.75) is 12.5 Å². The van der Waals surface area contributed by atoms with Gasteiger partial charge in [-0.05, 0) is 34.9 Å². The van der Waals surface area contributed by atoms with Gasteiger partial charge in [0.1, 0.15) is 0 Å². The summed E-state index contributed by atoms with van der Waals surface area (Å²) in [7, 11) is 0. The zero-order valence-electron chi connectivity index (χ0n) is 18.1. The first-order chi connectivity index (χ1) is 16.5. The molecular formula is C28H21Cl2NO3. The van der Waals surface area contributed by atoms with Crippen LogP contribution in [0.15, 0.2) is 103 Å². The summed E-state index contributed by atoms with van der Waals surface area (Å²) in [5.41, 5.74) is 3.91. The van der Waals surface area contributed by atoms with E-state index in [0.29, 0.717) is 21.3 Å². The first kappa shape index (κ1) is 23.6. The lowest BCUT2D eigenvalue weighted by Gasteiger charge is -2.18. The number of hydrogen-bond acceptors (Lipinski definition) is 3. The fourth-order valence-electron chi connectivity index (χ4n) is 3.52. The molecule has 4 aromatic rings. The van der Waals surface area contributed by atoms with E-state index < -0.39 is 18.0 Å². The van der Waals surface area contributed by atoms with Crippen LogP contribution in [0.5, 0.6) is 0 Å².